The number of pyridine rings is 1. The molecule has 0 bridgehead atoms. The number of carbonyl (C=O) groups excluding carboxylic acids is 1. The summed E-state index contributed by atoms with van der Waals surface area (Å²) >= 11 is 8.47. The summed E-state index contributed by atoms with van der Waals surface area (Å²) in [5, 5.41) is 0.660. The summed E-state index contributed by atoms with van der Waals surface area (Å²) in [4.78, 5) is 23.9. The molecule has 0 aliphatic rings. The van der Waals surface area contributed by atoms with Gasteiger partial charge in [0.1, 0.15) is 0 Å². The van der Waals surface area contributed by atoms with Crippen LogP contribution < -0.4 is 4.90 Å². The van der Waals surface area contributed by atoms with Crippen LogP contribution in [0.4, 0.5) is 5.13 Å². The predicted molar refractivity (Wildman–Crippen MR) is 116 cm³/mol. The topological polar surface area (TPSA) is 46.1 Å². The summed E-state index contributed by atoms with van der Waals surface area (Å²) in [6.07, 6.45) is 3.49. The molecule has 27 heavy (non-hydrogen) atoms. The maximum absolute atomic E-state index is 13.3. The molecule has 0 saturated heterocycles. The summed E-state index contributed by atoms with van der Waals surface area (Å²) in [6.45, 7) is 0.398. The average molecular weight is 503 g/mol. The number of carbonyl (C=O) groups is 1. The molecule has 0 unspecified atom stereocenters. The van der Waals surface area contributed by atoms with Gasteiger partial charge in [-0.2, -0.15) is 0 Å². The van der Waals surface area contributed by atoms with Crippen molar-refractivity contribution in [3.8, 4) is 0 Å². The molecule has 1 amide bonds. The molecule has 134 valence electrons. The van der Waals surface area contributed by atoms with E-state index in [1.165, 1.54) is 11.3 Å². The van der Waals surface area contributed by atoms with Crippen LogP contribution in [0, 0.1) is 0 Å². The standard InChI is InChI=1S/C20H13Br2N3OS/c21-14-7-8-17-18(10-14)27-20(24-17)25(12-13-4-3-9-23-11-13)19(26)15-5-1-2-6-16(15)22/h1-11H,12H2. The Kier molecular flexibility index (Phi) is 5.33. The molecule has 0 spiro atoms. The molecule has 0 radical (unpaired) electrons. The van der Waals surface area contributed by atoms with Crippen molar-refractivity contribution in [1.82, 2.24) is 9.97 Å². The number of halogens is 2. The molecule has 7 heteroatoms. The zero-order chi connectivity index (χ0) is 18.8. The molecule has 2 heterocycles. The van der Waals surface area contributed by atoms with Crippen LogP contribution in [0.25, 0.3) is 10.2 Å². The van der Waals surface area contributed by atoms with Crippen molar-refractivity contribution < 1.29 is 4.79 Å². The second kappa shape index (κ2) is 7.88. The Morgan fingerprint density at radius 2 is 1.93 bits per heavy atom. The number of thiazole rings is 1. The molecule has 0 saturated carbocycles. The molecule has 0 N–H and O–H groups in total. The van der Waals surface area contributed by atoms with Crippen molar-refractivity contribution >= 4 is 64.5 Å². The van der Waals surface area contributed by atoms with Crippen molar-refractivity contribution in [3.05, 3.63) is 87.1 Å². The number of hydrogen-bond acceptors (Lipinski definition) is 4. The monoisotopic (exact) mass is 501 g/mol. The third-order valence-corrected chi connectivity index (χ3v) is 6.21. The minimum Gasteiger partial charge on any atom is -0.279 e. The largest absolute Gasteiger partial charge is 0.279 e. The van der Waals surface area contributed by atoms with Crippen LogP contribution in [0.5, 0.6) is 0 Å². The highest BCUT2D eigenvalue weighted by Gasteiger charge is 2.23. The normalized spacial score (nSPS) is 10.9. The minimum atomic E-state index is -0.107. The lowest BCUT2D eigenvalue weighted by Gasteiger charge is -2.20. The first-order valence-corrected chi connectivity index (χ1v) is 10.5. The lowest BCUT2D eigenvalue weighted by molar-refractivity contribution is 0.0984. The van der Waals surface area contributed by atoms with E-state index >= 15 is 0 Å². The smallest absolute Gasteiger partial charge is 0.261 e. The van der Waals surface area contributed by atoms with Crippen LogP contribution in [0.3, 0.4) is 0 Å². The van der Waals surface area contributed by atoms with Crippen molar-refractivity contribution in [2.45, 2.75) is 6.54 Å². The van der Waals surface area contributed by atoms with E-state index in [1.54, 1.807) is 17.3 Å². The van der Waals surface area contributed by atoms with Gasteiger partial charge < -0.3 is 0 Å². The quantitative estimate of drug-likeness (QED) is 0.340. The highest BCUT2D eigenvalue weighted by atomic mass is 79.9. The van der Waals surface area contributed by atoms with Gasteiger partial charge in [0.15, 0.2) is 5.13 Å². The molecule has 2 aromatic carbocycles. The van der Waals surface area contributed by atoms with Gasteiger partial charge in [0.2, 0.25) is 0 Å². The minimum absolute atomic E-state index is 0.107. The molecule has 0 aliphatic heterocycles. The molecular weight excluding hydrogens is 490 g/mol. The predicted octanol–water partition coefficient (Wildman–Crippen LogP) is 6.06. The number of aromatic nitrogens is 2. The van der Waals surface area contributed by atoms with Gasteiger partial charge in [-0.15, -0.1) is 0 Å². The van der Waals surface area contributed by atoms with Crippen LogP contribution in [0.1, 0.15) is 15.9 Å². The van der Waals surface area contributed by atoms with Gasteiger partial charge in [0.25, 0.3) is 5.91 Å². The second-order valence-corrected chi connectivity index (χ2v) is 8.62. The van der Waals surface area contributed by atoms with E-state index in [0.29, 0.717) is 17.2 Å². The van der Waals surface area contributed by atoms with Crippen LogP contribution >= 0.6 is 43.2 Å². The summed E-state index contributed by atoms with van der Waals surface area (Å²) < 4.78 is 2.77. The first kappa shape index (κ1) is 18.3. The molecule has 0 fully saturated rings. The number of nitrogens with zero attached hydrogens (tertiary/aromatic N) is 3. The van der Waals surface area contributed by atoms with Gasteiger partial charge >= 0.3 is 0 Å². The first-order valence-electron chi connectivity index (χ1n) is 8.13. The lowest BCUT2D eigenvalue weighted by atomic mass is 10.2. The summed E-state index contributed by atoms with van der Waals surface area (Å²) in [6, 6.07) is 17.2. The molecule has 0 aliphatic carbocycles. The molecule has 4 rings (SSSR count). The van der Waals surface area contributed by atoms with Crippen LogP contribution in [0.15, 0.2) is 75.9 Å². The fourth-order valence-corrected chi connectivity index (χ4v) is 4.65. The second-order valence-electron chi connectivity index (χ2n) is 5.84. The van der Waals surface area contributed by atoms with E-state index in [2.05, 4.69) is 36.8 Å². The van der Waals surface area contributed by atoms with Gasteiger partial charge in [-0.05, 0) is 57.9 Å². The van der Waals surface area contributed by atoms with Crippen molar-refractivity contribution in [3.63, 3.8) is 0 Å². The van der Waals surface area contributed by atoms with Crippen LogP contribution in [0.2, 0.25) is 0 Å². The Morgan fingerprint density at radius 1 is 1.07 bits per heavy atom. The van der Waals surface area contributed by atoms with Crippen LogP contribution in [-0.2, 0) is 6.54 Å². The van der Waals surface area contributed by atoms with Gasteiger partial charge in [0, 0.05) is 21.3 Å². The SMILES string of the molecule is O=C(c1ccccc1Br)N(Cc1cccnc1)c1nc2ccc(Br)cc2s1. The number of rotatable bonds is 4. The van der Waals surface area contributed by atoms with Crippen molar-refractivity contribution in [2.75, 3.05) is 4.90 Å². The fraction of sp³-hybridized carbons (Fsp3) is 0.0500. The van der Waals surface area contributed by atoms with E-state index in [9.17, 15) is 4.79 Å². The van der Waals surface area contributed by atoms with Gasteiger partial charge in [-0.3, -0.25) is 14.7 Å². The van der Waals surface area contributed by atoms with E-state index < -0.39 is 0 Å². The number of amides is 1. The van der Waals surface area contributed by atoms with E-state index in [-0.39, 0.29) is 5.91 Å². The number of benzene rings is 2. The number of anilines is 1. The number of hydrogen-bond donors (Lipinski definition) is 0. The highest BCUT2D eigenvalue weighted by molar-refractivity contribution is 9.10. The van der Waals surface area contributed by atoms with Gasteiger partial charge in [-0.1, -0.05) is 45.5 Å². The van der Waals surface area contributed by atoms with Crippen LogP contribution in [-0.4, -0.2) is 15.9 Å². The Labute approximate surface area is 177 Å². The Hall–Kier alpha value is -2.09. The fourth-order valence-electron chi connectivity index (χ4n) is 2.68. The zero-order valence-corrected chi connectivity index (χ0v) is 18.0. The lowest BCUT2D eigenvalue weighted by Crippen LogP contribution is -2.30. The van der Waals surface area contributed by atoms with Crippen molar-refractivity contribution in [1.29, 1.82) is 0 Å². The van der Waals surface area contributed by atoms with E-state index in [1.807, 2.05) is 54.6 Å². The van der Waals surface area contributed by atoms with Crippen molar-refractivity contribution in [2.24, 2.45) is 0 Å². The zero-order valence-electron chi connectivity index (χ0n) is 14.0. The maximum atomic E-state index is 13.3. The van der Waals surface area contributed by atoms with E-state index in [4.69, 9.17) is 4.98 Å². The molecule has 2 aromatic heterocycles. The molecule has 4 nitrogen and oxygen atoms in total. The Balaban J connectivity index is 1.79. The molecule has 0 atom stereocenters. The average Bonchev–Trinajstić information content (AvgIpc) is 3.09. The van der Waals surface area contributed by atoms with Gasteiger partial charge in [0.05, 0.1) is 22.3 Å². The molecule has 4 aromatic rings. The highest BCUT2D eigenvalue weighted by Crippen LogP contribution is 2.33. The summed E-state index contributed by atoms with van der Waals surface area (Å²) in [5.41, 5.74) is 2.41. The summed E-state index contributed by atoms with van der Waals surface area (Å²) in [7, 11) is 0. The third-order valence-electron chi connectivity index (χ3n) is 3.98. The summed E-state index contributed by atoms with van der Waals surface area (Å²) in [5.74, 6) is -0.107. The maximum Gasteiger partial charge on any atom is 0.261 e. The number of fused-ring (bicyclic) bond motifs is 1. The van der Waals surface area contributed by atoms with Gasteiger partial charge in [-0.25, -0.2) is 4.98 Å². The first-order chi connectivity index (χ1) is 13.1. The Bertz CT molecular complexity index is 1110. The third kappa shape index (κ3) is 3.95. The Morgan fingerprint density at radius 3 is 2.70 bits per heavy atom. The van der Waals surface area contributed by atoms with E-state index in [0.717, 1.165) is 24.7 Å². The molecular formula is C20H13Br2N3OS.